The zero-order valence-corrected chi connectivity index (χ0v) is 12.8. The molecule has 1 aliphatic carbocycles. The zero-order valence-electron chi connectivity index (χ0n) is 12.0. The van der Waals surface area contributed by atoms with Gasteiger partial charge in [0, 0.05) is 0 Å². The van der Waals surface area contributed by atoms with Crippen molar-refractivity contribution in [2.45, 2.75) is 46.0 Å². The molecule has 0 bridgehead atoms. The lowest BCUT2D eigenvalue weighted by Crippen LogP contribution is -2.33. The van der Waals surface area contributed by atoms with E-state index in [9.17, 15) is 0 Å². The fraction of sp³-hybridized carbons (Fsp3) is 0.750. The molecule has 2 heteroatoms. The first-order chi connectivity index (χ1) is 8.72. The molecule has 0 amide bonds. The standard InChI is InChI=1S/C16H27NS/c1-4-17-10-14-6-5-13(12(2)3)9-16(14)15-7-8-18-11-15/h7-8,11-14,16-17H,4-6,9-10H2,1-3H3. The molecule has 1 saturated carbocycles. The van der Waals surface area contributed by atoms with E-state index in [2.05, 4.69) is 42.9 Å². The van der Waals surface area contributed by atoms with Gasteiger partial charge in [-0.05, 0) is 78.4 Å². The molecule has 1 nitrogen and oxygen atoms in total. The molecule has 18 heavy (non-hydrogen) atoms. The molecule has 0 aromatic carbocycles. The van der Waals surface area contributed by atoms with Crippen LogP contribution in [0, 0.1) is 17.8 Å². The van der Waals surface area contributed by atoms with Gasteiger partial charge in [-0.3, -0.25) is 0 Å². The van der Waals surface area contributed by atoms with E-state index in [0.29, 0.717) is 0 Å². The highest BCUT2D eigenvalue weighted by atomic mass is 32.1. The maximum atomic E-state index is 3.56. The third kappa shape index (κ3) is 3.36. The smallest absolute Gasteiger partial charge is 0.00148 e. The van der Waals surface area contributed by atoms with E-state index in [-0.39, 0.29) is 0 Å². The van der Waals surface area contributed by atoms with Crippen LogP contribution >= 0.6 is 11.3 Å². The minimum atomic E-state index is 0.788. The van der Waals surface area contributed by atoms with E-state index in [4.69, 9.17) is 0 Å². The van der Waals surface area contributed by atoms with E-state index in [0.717, 1.165) is 30.2 Å². The van der Waals surface area contributed by atoms with Crippen molar-refractivity contribution in [2.75, 3.05) is 13.1 Å². The first kappa shape index (κ1) is 14.1. The largest absolute Gasteiger partial charge is 0.317 e. The highest BCUT2D eigenvalue weighted by molar-refractivity contribution is 7.07. The molecule has 1 fully saturated rings. The second-order valence-electron chi connectivity index (χ2n) is 6.05. The number of nitrogens with one attached hydrogen (secondary N) is 1. The Labute approximate surface area is 116 Å². The summed E-state index contributed by atoms with van der Waals surface area (Å²) in [6.07, 6.45) is 4.22. The first-order valence-corrected chi connectivity index (χ1v) is 8.39. The van der Waals surface area contributed by atoms with Crippen LogP contribution in [0.15, 0.2) is 16.8 Å². The van der Waals surface area contributed by atoms with Crippen molar-refractivity contribution < 1.29 is 0 Å². The van der Waals surface area contributed by atoms with Gasteiger partial charge in [0.25, 0.3) is 0 Å². The van der Waals surface area contributed by atoms with Crippen molar-refractivity contribution in [1.82, 2.24) is 5.32 Å². The van der Waals surface area contributed by atoms with Gasteiger partial charge >= 0.3 is 0 Å². The molecular formula is C16H27NS. The Morgan fingerprint density at radius 2 is 2.22 bits per heavy atom. The van der Waals surface area contributed by atoms with Gasteiger partial charge in [0.1, 0.15) is 0 Å². The summed E-state index contributed by atoms with van der Waals surface area (Å²) in [4.78, 5) is 0. The van der Waals surface area contributed by atoms with Gasteiger partial charge in [0.2, 0.25) is 0 Å². The van der Waals surface area contributed by atoms with Gasteiger partial charge in [0.15, 0.2) is 0 Å². The third-order valence-corrected chi connectivity index (χ3v) is 5.31. The SMILES string of the molecule is CCNCC1CCC(C(C)C)CC1c1ccsc1. The second kappa shape index (κ2) is 6.72. The molecule has 0 spiro atoms. The Kier molecular flexibility index (Phi) is 5.25. The number of hydrogen-bond donors (Lipinski definition) is 1. The monoisotopic (exact) mass is 265 g/mol. The molecule has 2 rings (SSSR count). The van der Waals surface area contributed by atoms with Gasteiger partial charge in [-0.1, -0.05) is 20.8 Å². The second-order valence-corrected chi connectivity index (χ2v) is 6.83. The normalized spacial score (nSPS) is 28.8. The van der Waals surface area contributed by atoms with Crippen LogP contribution in [0.2, 0.25) is 0 Å². The molecule has 0 saturated heterocycles. The predicted octanol–water partition coefficient (Wildman–Crippen LogP) is 4.51. The van der Waals surface area contributed by atoms with Gasteiger partial charge in [-0.15, -0.1) is 0 Å². The van der Waals surface area contributed by atoms with Gasteiger partial charge in [0.05, 0.1) is 0 Å². The summed E-state index contributed by atoms with van der Waals surface area (Å²) in [5.41, 5.74) is 1.59. The lowest BCUT2D eigenvalue weighted by molar-refractivity contribution is 0.191. The first-order valence-electron chi connectivity index (χ1n) is 7.45. The Hall–Kier alpha value is -0.340. The maximum Gasteiger partial charge on any atom is -0.00148 e. The fourth-order valence-electron chi connectivity index (χ4n) is 3.34. The zero-order chi connectivity index (χ0) is 13.0. The summed E-state index contributed by atoms with van der Waals surface area (Å²) in [5, 5.41) is 8.16. The van der Waals surface area contributed by atoms with Crippen LogP contribution in [0.1, 0.15) is 51.5 Å². The third-order valence-electron chi connectivity index (χ3n) is 4.60. The fourth-order valence-corrected chi connectivity index (χ4v) is 4.06. The van der Waals surface area contributed by atoms with Crippen LogP contribution in [0.3, 0.4) is 0 Å². The highest BCUT2D eigenvalue weighted by Gasteiger charge is 2.32. The van der Waals surface area contributed by atoms with E-state index in [1.165, 1.54) is 25.8 Å². The molecule has 1 aromatic rings. The van der Waals surface area contributed by atoms with Crippen LogP contribution in [0.5, 0.6) is 0 Å². The molecule has 0 aliphatic heterocycles. The van der Waals surface area contributed by atoms with E-state index in [1.807, 2.05) is 11.3 Å². The van der Waals surface area contributed by atoms with Crippen LogP contribution < -0.4 is 5.32 Å². The van der Waals surface area contributed by atoms with Crippen LogP contribution in [0.25, 0.3) is 0 Å². The minimum absolute atomic E-state index is 0.788. The van der Waals surface area contributed by atoms with Crippen LogP contribution in [-0.4, -0.2) is 13.1 Å². The molecule has 1 aliphatic rings. The summed E-state index contributed by atoms with van der Waals surface area (Å²) < 4.78 is 0. The van der Waals surface area contributed by atoms with Gasteiger partial charge in [-0.25, -0.2) is 0 Å². The Morgan fingerprint density at radius 3 is 2.83 bits per heavy atom. The van der Waals surface area contributed by atoms with Crippen LogP contribution in [0.4, 0.5) is 0 Å². The van der Waals surface area contributed by atoms with Crippen molar-refractivity contribution >= 4 is 11.3 Å². The van der Waals surface area contributed by atoms with Crippen molar-refractivity contribution in [3.8, 4) is 0 Å². The van der Waals surface area contributed by atoms with Crippen molar-refractivity contribution in [3.05, 3.63) is 22.4 Å². The summed E-state index contributed by atoms with van der Waals surface area (Å²) >= 11 is 1.85. The molecule has 3 unspecified atom stereocenters. The molecule has 1 N–H and O–H groups in total. The lowest BCUT2D eigenvalue weighted by Gasteiger charge is -2.38. The average Bonchev–Trinajstić information content (AvgIpc) is 2.89. The van der Waals surface area contributed by atoms with Crippen molar-refractivity contribution in [2.24, 2.45) is 17.8 Å². The molecule has 0 radical (unpaired) electrons. The van der Waals surface area contributed by atoms with Crippen molar-refractivity contribution in [3.63, 3.8) is 0 Å². The Morgan fingerprint density at radius 1 is 1.39 bits per heavy atom. The molecule has 1 aromatic heterocycles. The van der Waals surface area contributed by atoms with E-state index < -0.39 is 0 Å². The maximum absolute atomic E-state index is 3.56. The molecule has 1 heterocycles. The average molecular weight is 265 g/mol. The van der Waals surface area contributed by atoms with Gasteiger partial charge in [-0.2, -0.15) is 11.3 Å². The number of thiophene rings is 1. The Balaban J connectivity index is 2.06. The summed E-state index contributed by atoms with van der Waals surface area (Å²) in [5.74, 6) is 3.39. The molecule has 102 valence electrons. The highest BCUT2D eigenvalue weighted by Crippen LogP contribution is 2.43. The summed E-state index contributed by atoms with van der Waals surface area (Å²) in [7, 11) is 0. The minimum Gasteiger partial charge on any atom is -0.317 e. The van der Waals surface area contributed by atoms with E-state index >= 15 is 0 Å². The van der Waals surface area contributed by atoms with Gasteiger partial charge < -0.3 is 5.32 Å². The quantitative estimate of drug-likeness (QED) is 0.825. The topological polar surface area (TPSA) is 12.0 Å². The molecule has 3 atom stereocenters. The number of rotatable bonds is 5. The summed E-state index contributed by atoms with van der Waals surface area (Å²) in [6.45, 7) is 9.28. The van der Waals surface area contributed by atoms with Crippen LogP contribution in [-0.2, 0) is 0 Å². The lowest BCUT2D eigenvalue weighted by atomic mass is 9.68. The van der Waals surface area contributed by atoms with Crippen molar-refractivity contribution in [1.29, 1.82) is 0 Å². The summed E-state index contributed by atoms with van der Waals surface area (Å²) in [6, 6.07) is 2.34. The predicted molar refractivity (Wildman–Crippen MR) is 81.3 cm³/mol. The number of hydrogen-bond acceptors (Lipinski definition) is 2. The van der Waals surface area contributed by atoms with E-state index in [1.54, 1.807) is 5.56 Å². The Bertz CT molecular complexity index is 331. The molecular weight excluding hydrogens is 238 g/mol.